The van der Waals surface area contributed by atoms with Gasteiger partial charge >= 0.3 is 5.97 Å². The summed E-state index contributed by atoms with van der Waals surface area (Å²) >= 11 is 0.769. The summed E-state index contributed by atoms with van der Waals surface area (Å²) in [5.41, 5.74) is 10.9. The third-order valence-corrected chi connectivity index (χ3v) is 5.38. The first-order valence-corrected chi connectivity index (χ1v) is 9.51. The van der Waals surface area contributed by atoms with Gasteiger partial charge in [0.2, 0.25) is 0 Å². The van der Waals surface area contributed by atoms with E-state index < -0.39 is 38.2 Å². The highest BCUT2D eigenvalue weighted by atomic mass is 32.2. The minimum absolute atomic E-state index is 0.0336. The van der Waals surface area contributed by atoms with Crippen LogP contribution in [0.1, 0.15) is 16.1 Å². The molecule has 0 saturated heterocycles. The van der Waals surface area contributed by atoms with Crippen LogP contribution in [-0.4, -0.2) is 42.8 Å². The fourth-order valence-corrected chi connectivity index (χ4v) is 3.94. The molecule has 6 N–H and O–H groups in total. The molecule has 0 aliphatic rings. The summed E-state index contributed by atoms with van der Waals surface area (Å²) in [6.45, 7) is -0.327. The van der Waals surface area contributed by atoms with Crippen molar-refractivity contribution in [1.29, 1.82) is 0 Å². The fraction of sp³-hybridized carbons (Fsp3) is 0.143. The van der Waals surface area contributed by atoms with Crippen LogP contribution in [0.2, 0.25) is 0 Å². The summed E-state index contributed by atoms with van der Waals surface area (Å²) in [4.78, 5) is 29.3. The van der Waals surface area contributed by atoms with E-state index in [-0.39, 0.29) is 29.5 Å². The highest BCUT2D eigenvalue weighted by Crippen LogP contribution is 2.25. The van der Waals surface area contributed by atoms with Gasteiger partial charge in [-0.15, -0.1) is 11.3 Å². The van der Waals surface area contributed by atoms with Gasteiger partial charge in [0.25, 0.3) is 10.0 Å². The number of hydrogen-bond acceptors (Lipinski definition) is 7. The Morgan fingerprint density at radius 3 is 2.63 bits per heavy atom. The van der Waals surface area contributed by atoms with E-state index in [1.54, 1.807) is 0 Å². The number of Topliss-reactive ketones (excluding diaryl/α,β-unsaturated/α-hetero) is 1. The zero-order chi connectivity index (χ0) is 20.2. The first kappa shape index (κ1) is 20.3. The minimum atomic E-state index is -4.25. The number of carbonyl (C=O) groups is 2. The number of nitrogens with one attached hydrogen (secondary N) is 1. The molecule has 0 amide bonds. The minimum Gasteiger partial charge on any atom is -0.476 e. The zero-order valence-electron chi connectivity index (χ0n) is 13.5. The van der Waals surface area contributed by atoms with Crippen molar-refractivity contribution >= 4 is 44.1 Å². The molecule has 2 rings (SSSR count). The first-order valence-electron chi connectivity index (χ1n) is 7.15. The second-order valence-electron chi connectivity index (χ2n) is 5.15. The number of anilines is 1. The summed E-state index contributed by atoms with van der Waals surface area (Å²) in [6.07, 6.45) is -0.325. The lowest BCUT2D eigenvalue weighted by molar-refractivity contribution is -0.117. The van der Waals surface area contributed by atoms with E-state index in [0.717, 1.165) is 35.0 Å². The number of sulfonamides is 1. The van der Waals surface area contributed by atoms with Crippen molar-refractivity contribution in [1.82, 2.24) is 4.98 Å². The summed E-state index contributed by atoms with van der Waals surface area (Å²) in [5, 5.41) is 8.75. The number of hydrogen-bond donors (Lipinski definition) is 4. The molecule has 0 atom stereocenters. The lowest BCUT2D eigenvalue weighted by atomic mass is 10.1. The molecule has 144 valence electrons. The number of carboxylic acid groups (broad SMARTS) is 1. The summed E-state index contributed by atoms with van der Waals surface area (Å²) in [5.74, 6) is -3.07. The Balaban J connectivity index is 2.20. The maximum absolute atomic E-state index is 14.2. The van der Waals surface area contributed by atoms with Gasteiger partial charge in [-0.1, -0.05) is 6.07 Å². The van der Waals surface area contributed by atoms with Crippen molar-refractivity contribution in [3.63, 3.8) is 0 Å². The van der Waals surface area contributed by atoms with E-state index in [1.807, 2.05) is 0 Å². The number of ketones is 1. The molecule has 1 heterocycles. The second-order valence-corrected chi connectivity index (χ2v) is 7.69. The SMILES string of the molecule is NC(N)=NCC(=O)Cc1ccc(S(=O)(=O)Nc2scnc2C(=O)O)cc1F. The Labute approximate surface area is 156 Å². The molecular weight excluding hydrogens is 401 g/mol. The Morgan fingerprint density at radius 2 is 2.04 bits per heavy atom. The Morgan fingerprint density at radius 1 is 1.33 bits per heavy atom. The first-order chi connectivity index (χ1) is 12.6. The van der Waals surface area contributed by atoms with E-state index in [0.29, 0.717) is 0 Å². The summed E-state index contributed by atoms with van der Waals surface area (Å²) < 4.78 is 40.9. The molecule has 27 heavy (non-hydrogen) atoms. The van der Waals surface area contributed by atoms with E-state index >= 15 is 0 Å². The zero-order valence-corrected chi connectivity index (χ0v) is 15.2. The van der Waals surface area contributed by atoms with Crippen LogP contribution in [0.5, 0.6) is 0 Å². The number of aromatic carboxylic acids is 1. The van der Waals surface area contributed by atoms with Crippen LogP contribution >= 0.6 is 11.3 Å². The van der Waals surface area contributed by atoms with Crippen LogP contribution in [0.25, 0.3) is 0 Å². The quantitative estimate of drug-likeness (QED) is 0.348. The van der Waals surface area contributed by atoms with Crippen molar-refractivity contribution in [3.8, 4) is 0 Å². The smallest absolute Gasteiger partial charge is 0.357 e. The number of carbonyl (C=O) groups excluding carboxylic acids is 1. The summed E-state index contributed by atoms with van der Waals surface area (Å²) in [7, 11) is -4.25. The average Bonchev–Trinajstić information content (AvgIpc) is 3.02. The maximum Gasteiger partial charge on any atom is 0.357 e. The lowest BCUT2D eigenvalue weighted by Gasteiger charge is -2.08. The monoisotopic (exact) mass is 415 g/mol. The van der Waals surface area contributed by atoms with Gasteiger partial charge in [0, 0.05) is 6.42 Å². The molecule has 0 saturated carbocycles. The molecule has 0 unspecified atom stereocenters. The highest BCUT2D eigenvalue weighted by molar-refractivity contribution is 7.93. The van der Waals surface area contributed by atoms with E-state index in [1.165, 1.54) is 0 Å². The molecule has 1 aromatic heterocycles. The second kappa shape index (κ2) is 8.09. The molecule has 0 fully saturated rings. The van der Waals surface area contributed by atoms with Gasteiger partial charge < -0.3 is 16.6 Å². The van der Waals surface area contributed by atoms with Gasteiger partial charge in [0.15, 0.2) is 17.4 Å². The predicted molar refractivity (Wildman–Crippen MR) is 95.7 cm³/mol. The van der Waals surface area contributed by atoms with E-state index in [9.17, 15) is 22.4 Å². The van der Waals surface area contributed by atoms with Crippen LogP contribution in [0.4, 0.5) is 9.39 Å². The van der Waals surface area contributed by atoms with Crippen LogP contribution in [0.3, 0.4) is 0 Å². The Hall–Kier alpha value is -3.06. The molecule has 10 nitrogen and oxygen atoms in total. The van der Waals surface area contributed by atoms with Crippen LogP contribution in [0.15, 0.2) is 33.6 Å². The third-order valence-electron chi connectivity index (χ3n) is 3.16. The van der Waals surface area contributed by atoms with Crippen molar-refractivity contribution < 1.29 is 27.5 Å². The van der Waals surface area contributed by atoms with E-state index in [2.05, 4.69) is 14.7 Å². The van der Waals surface area contributed by atoms with Gasteiger partial charge in [-0.2, -0.15) is 0 Å². The normalized spacial score (nSPS) is 11.0. The largest absolute Gasteiger partial charge is 0.476 e. The van der Waals surface area contributed by atoms with Gasteiger partial charge in [0.1, 0.15) is 17.4 Å². The van der Waals surface area contributed by atoms with Crippen molar-refractivity contribution in [3.05, 3.63) is 40.8 Å². The molecule has 0 bridgehead atoms. The fourth-order valence-electron chi connectivity index (χ4n) is 1.94. The van der Waals surface area contributed by atoms with Crippen LogP contribution < -0.4 is 16.2 Å². The number of benzene rings is 1. The molecule has 0 aliphatic carbocycles. The number of guanidine groups is 1. The Bertz CT molecular complexity index is 1010. The third kappa shape index (κ3) is 5.21. The highest BCUT2D eigenvalue weighted by Gasteiger charge is 2.22. The lowest BCUT2D eigenvalue weighted by Crippen LogP contribution is -2.24. The van der Waals surface area contributed by atoms with Crippen molar-refractivity contribution in [2.75, 3.05) is 11.3 Å². The number of halogens is 1. The predicted octanol–water partition coefficient (Wildman–Crippen LogP) is 0.166. The number of carboxylic acids is 1. The Kier molecular flexibility index (Phi) is 6.07. The molecule has 0 spiro atoms. The van der Waals surface area contributed by atoms with E-state index in [4.69, 9.17) is 16.6 Å². The van der Waals surface area contributed by atoms with Gasteiger partial charge in [-0.25, -0.2) is 27.6 Å². The maximum atomic E-state index is 14.2. The van der Waals surface area contributed by atoms with Crippen LogP contribution in [0, 0.1) is 5.82 Å². The van der Waals surface area contributed by atoms with Gasteiger partial charge in [-0.3, -0.25) is 9.52 Å². The molecule has 13 heteroatoms. The average molecular weight is 415 g/mol. The molecule has 2 aromatic rings. The standard InChI is InChI=1S/C14H14FN5O5S2/c15-10-4-9(2-1-7(10)3-8(21)5-18-14(16)17)27(24,25)20-12-11(13(22)23)19-6-26-12/h1-2,4,6,20H,3,5H2,(H,22,23)(H4,16,17,18). The summed E-state index contributed by atoms with van der Waals surface area (Å²) in [6, 6.07) is 2.96. The molecule has 0 aliphatic heterocycles. The molecular formula is C14H14FN5O5S2. The van der Waals surface area contributed by atoms with Crippen LogP contribution in [-0.2, 0) is 21.2 Å². The van der Waals surface area contributed by atoms with Crippen molar-refractivity contribution in [2.45, 2.75) is 11.3 Å². The number of aromatic nitrogens is 1. The number of aliphatic imine (C=N–C) groups is 1. The van der Waals surface area contributed by atoms with Gasteiger partial charge in [0.05, 0.1) is 10.4 Å². The van der Waals surface area contributed by atoms with Crippen molar-refractivity contribution in [2.24, 2.45) is 16.5 Å². The number of nitrogens with two attached hydrogens (primary N) is 2. The number of rotatable bonds is 8. The van der Waals surface area contributed by atoms with Gasteiger partial charge in [-0.05, 0) is 17.7 Å². The number of nitrogens with zero attached hydrogens (tertiary/aromatic N) is 2. The number of thiazole rings is 1. The molecule has 1 aromatic carbocycles. The molecule has 0 radical (unpaired) electrons. The topological polar surface area (TPSA) is 178 Å².